The molecular weight excluding hydrogens is 1010 g/mol. The van der Waals surface area contributed by atoms with E-state index in [0.29, 0.717) is 0 Å². The zero-order valence-electron chi connectivity index (χ0n) is 38.0. The van der Waals surface area contributed by atoms with Gasteiger partial charge in [0.1, 0.15) is 0 Å². The van der Waals surface area contributed by atoms with Crippen molar-refractivity contribution in [2.75, 3.05) is 0 Å². The largest absolute Gasteiger partial charge is 1.00 e. The maximum absolute atomic E-state index is 10.5. The maximum Gasteiger partial charge on any atom is 1.00 e. The molecule has 6 aromatic carbocycles. The number of rotatable bonds is 12. The molecule has 0 saturated heterocycles. The fraction of sp³-hybridized carbons (Fsp3) is 0. The molecule has 24 nitrogen and oxygen atoms in total. The van der Waals surface area contributed by atoms with Crippen LogP contribution in [0.5, 0.6) is 0 Å². The van der Waals surface area contributed by atoms with E-state index in [1.165, 1.54) is 133 Å². The summed E-state index contributed by atoms with van der Waals surface area (Å²) in [5.74, 6) is -15.3. The van der Waals surface area contributed by atoms with Crippen molar-refractivity contribution in [3.8, 4) is 0 Å². The third-order valence-corrected chi connectivity index (χ3v) is 8.31. The average Bonchev–Trinajstić information content (AvgIpc) is 3.34. The Morgan fingerprint density at radius 2 is 0.284 bits per heavy atom. The van der Waals surface area contributed by atoms with Crippen LogP contribution in [-0.4, -0.2) is 123 Å². The molecule has 0 spiro atoms. The molecule has 0 aliphatic rings. The Hall–Kier alpha value is -9.04. The predicted octanol–water partition coefficient (Wildman–Crippen LogP) is -2.16. The maximum atomic E-state index is 10.5. The third kappa shape index (κ3) is 21.9. The summed E-state index contributed by atoms with van der Waals surface area (Å²) in [5, 5.41) is 106. The van der Waals surface area contributed by atoms with Crippen molar-refractivity contribution in [2.45, 2.75) is 0 Å². The minimum absolute atomic E-state index is 0. The summed E-state index contributed by atoms with van der Waals surface area (Å²) in [4.78, 5) is 125. The first-order chi connectivity index (χ1) is 33.8. The number of benzene rings is 6. The Morgan fingerprint density at radius 3 is 0.351 bits per heavy atom. The van der Waals surface area contributed by atoms with Crippen molar-refractivity contribution in [2.24, 2.45) is 0 Å². The standard InChI is InChI=1S/6C8H6O4.2Na/c6*9-7(10)5-3-1-2-4-6(5)8(11)12;;/h6*1-4H,(H,9,10)(H,11,12);;/q;;;;;;2*+1/p-2. The van der Waals surface area contributed by atoms with Crippen LogP contribution in [0.1, 0.15) is 124 Å². The van der Waals surface area contributed by atoms with Gasteiger partial charge in [0.25, 0.3) is 0 Å². The van der Waals surface area contributed by atoms with E-state index < -0.39 is 71.6 Å². The van der Waals surface area contributed by atoms with Crippen LogP contribution in [0.3, 0.4) is 0 Å². The number of carbonyl (C=O) groups excluding carboxylic acids is 2. The molecule has 26 heteroatoms. The van der Waals surface area contributed by atoms with Crippen molar-refractivity contribution in [3.63, 3.8) is 0 Å². The smallest absolute Gasteiger partial charge is 0.545 e. The molecule has 74 heavy (non-hydrogen) atoms. The van der Waals surface area contributed by atoms with E-state index in [0.717, 1.165) is 12.1 Å². The molecule has 0 saturated carbocycles. The Balaban J connectivity index is 0. The second-order valence-corrected chi connectivity index (χ2v) is 12.9. The van der Waals surface area contributed by atoms with E-state index in [9.17, 15) is 67.7 Å². The fourth-order valence-electron chi connectivity index (χ4n) is 5.12. The van der Waals surface area contributed by atoms with Gasteiger partial charge in [-0.05, 0) is 60.7 Å². The van der Waals surface area contributed by atoms with Gasteiger partial charge >= 0.3 is 119 Å². The van der Waals surface area contributed by atoms with E-state index in [1.807, 2.05) is 0 Å². The minimum Gasteiger partial charge on any atom is -0.545 e. The van der Waals surface area contributed by atoms with E-state index in [-0.39, 0.29) is 126 Å². The molecule has 0 aliphatic heterocycles. The van der Waals surface area contributed by atoms with Gasteiger partial charge in [-0.15, -0.1) is 0 Å². The summed E-state index contributed by atoms with van der Waals surface area (Å²) in [6.07, 6.45) is 0. The number of aromatic carboxylic acids is 12. The van der Waals surface area contributed by atoms with Crippen molar-refractivity contribution >= 4 is 71.6 Å². The van der Waals surface area contributed by atoms with Gasteiger partial charge in [-0.1, -0.05) is 84.9 Å². The Labute approximate surface area is 458 Å². The monoisotopic (exact) mass is 1040 g/mol. The van der Waals surface area contributed by atoms with E-state index in [4.69, 9.17) is 51.1 Å². The molecule has 6 rings (SSSR count). The van der Waals surface area contributed by atoms with Crippen LogP contribution in [0, 0.1) is 0 Å². The second kappa shape index (κ2) is 33.5. The SMILES string of the molecule is O=C(O)c1ccccc1C(=O)O.O=C(O)c1ccccc1C(=O)O.O=C(O)c1ccccc1C(=O)O.O=C(O)c1ccccc1C(=O)O.O=C(O)c1ccccc1C(=O)O.O=C([O-])c1ccccc1C(=O)[O-].[Na+].[Na+]. The summed E-state index contributed by atoms with van der Waals surface area (Å²) in [7, 11) is 0. The summed E-state index contributed by atoms with van der Waals surface area (Å²) < 4.78 is 0. The van der Waals surface area contributed by atoms with Crippen LogP contribution in [0.2, 0.25) is 0 Å². The number of hydrogen-bond donors (Lipinski definition) is 10. The average molecular weight is 1040 g/mol. The summed E-state index contributed by atoms with van der Waals surface area (Å²) in [6.45, 7) is 0. The van der Waals surface area contributed by atoms with E-state index in [1.54, 1.807) is 0 Å². The normalized spacial score (nSPS) is 9.08. The number of carboxylic acids is 12. The molecular formula is C48H34Na2O24. The van der Waals surface area contributed by atoms with Gasteiger partial charge in [0, 0.05) is 11.1 Å². The minimum atomic E-state index is -1.52. The first-order valence-corrected chi connectivity index (χ1v) is 19.1. The molecule has 0 aromatic heterocycles. The zero-order valence-corrected chi connectivity index (χ0v) is 42.0. The predicted molar refractivity (Wildman–Crippen MR) is 237 cm³/mol. The van der Waals surface area contributed by atoms with Crippen LogP contribution < -0.4 is 69.3 Å². The molecule has 0 fully saturated rings. The first-order valence-electron chi connectivity index (χ1n) is 19.1. The topological polar surface area (TPSA) is 453 Å². The zero-order chi connectivity index (χ0) is 54.8. The molecule has 0 atom stereocenters. The molecule has 0 heterocycles. The number of hydrogen-bond acceptors (Lipinski definition) is 14. The van der Waals surface area contributed by atoms with E-state index >= 15 is 0 Å². The van der Waals surface area contributed by atoms with Gasteiger partial charge in [-0.2, -0.15) is 0 Å². The van der Waals surface area contributed by atoms with Gasteiger partial charge < -0.3 is 70.9 Å². The van der Waals surface area contributed by atoms with Crippen molar-refractivity contribution in [1.29, 1.82) is 0 Å². The van der Waals surface area contributed by atoms with Gasteiger partial charge in [-0.3, -0.25) is 0 Å². The van der Waals surface area contributed by atoms with Gasteiger partial charge in [0.05, 0.1) is 67.6 Å². The quantitative estimate of drug-likeness (QED) is 0.0583. The summed E-state index contributed by atoms with van der Waals surface area (Å²) in [6, 6.07) is 32.5. The molecule has 0 radical (unpaired) electrons. The number of carbonyl (C=O) groups is 12. The van der Waals surface area contributed by atoms with Crippen LogP contribution in [-0.2, 0) is 0 Å². The summed E-state index contributed by atoms with van der Waals surface area (Å²) >= 11 is 0. The van der Waals surface area contributed by atoms with Crippen molar-refractivity contribution in [3.05, 3.63) is 212 Å². The molecule has 10 N–H and O–H groups in total. The third-order valence-electron chi connectivity index (χ3n) is 8.31. The summed E-state index contributed by atoms with van der Waals surface area (Å²) in [5.41, 5.74) is -2.62. The Bertz CT molecular complexity index is 2320. The van der Waals surface area contributed by atoms with Crippen molar-refractivity contribution < 1.29 is 178 Å². The first kappa shape index (κ1) is 67.0. The molecule has 6 aromatic rings. The van der Waals surface area contributed by atoms with Gasteiger partial charge in [0.15, 0.2) is 0 Å². The van der Waals surface area contributed by atoms with Crippen LogP contribution in [0.25, 0.3) is 0 Å². The second-order valence-electron chi connectivity index (χ2n) is 12.9. The van der Waals surface area contributed by atoms with Crippen LogP contribution >= 0.6 is 0 Å². The Morgan fingerprint density at radius 1 is 0.203 bits per heavy atom. The molecule has 0 amide bonds. The molecule has 0 bridgehead atoms. The Kier molecular flexibility index (Phi) is 30.4. The van der Waals surface area contributed by atoms with Crippen LogP contribution in [0.4, 0.5) is 0 Å². The van der Waals surface area contributed by atoms with Gasteiger partial charge in [0.2, 0.25) is 0 Å². The number of carboxylic acid groups (broad SMARTS) is 12. The van der Waals surface area contributed by atoms with E-state index in [2.05, 4.69) is 0 Å². The van der Waals surface area contributed by atoms with Gasteiger partial charge in [-0.25, -0.2) is 47.9 Å². The fourth-order valence-corrected chi connectivity index (χ4v) is 5.12. The molecule has 372 valence electrons. The molecule has 0 aliphatic carbocycles. The van der Waals surface area contributed by atoms with Crippen molar-refractivity contribution in [1.82, 2.24) is 0 Å². The molecule has 0 unspecified atom stereocenters. The van der Waals surface area contributed by atoms with Crippen LogP contribution in [0.15, 0.2) is 146 Å².